The number of ether oxygens (including phenoxy) is 3. The summed E-state index contributed by atoms with van der Waals surface area (Å²) < 4.78 is 16.8. The van der Waals surface area contributed by atoms with E-state index in [1.54, 1.807) is 46.2 Å². The molecule has 3 amide bonds. The van der Waals surface area contributed by atoms with Crippen molar-refractivity contribution in [2.45, 2.75) is 39.4 Å². The number of rotatable bonds is 6. The zero-order valence-electron chi connectivity index (χ0n) is 20.9. The highest BCUT2D eigenvalue weighted by molar-refractivity contribution is 5.96. The van der Waals surface area contributed by atoms with Crippen molar-refractivity contribution in [1.82, 2.24) is 9.80 Å². The van der Waals surface area contributed by atoms with Crippen molar-refractivity contribution in [2.24, 2.45) is 5.73 Å². The molecule has 0 aliphatic carbocycles. The molecule has 1 heterocycles. The first-order valence-electron chi connectivity index (χ1n) is 11.5. The zero-order valence-corrected chi connectivity index (χ0v) is 20.9. The number of amides is 3. The normalized spacial score (nSPS) is 14.8. The van der Waals surface area contributed by atoms with Crippen LogP contribution in [0.1, 0.15) is 60.1 Å². The summed E-state index contributed by atoms with van der Waals surface area (Å²) in [7, 11) is 1.49. The van der Waals surface area contributed by atoms with E-state index >= 15 is 0 Å². The van der Waals surface area contributed by atoms with Gasteiger partial charge in [-0.15, -0.1) is 0 Å². The summed E-state index contributed by atoms with van der Waals surface area (Å²) in [5.74, 6) is -0.105. The molecule has 1 aliphatic rings. The van der Waals surface area contributed by atoms with Gasteiger partial charge in [-0.1, -0.05) is 18.2 Å². The Hall–Kier alpha value is -3.75. The monoisotopic (exact) mass is 483 g/mol. The number of para-hydroxylation sites is 1. The number of carbonyl (C=O) groups excluding carboxylic acids is 3. The van der Waals surface area contributed by atoms with E-state index in [1.807, 2.05) is 33.8 Å². The third-order valence-electron chi connectivity index (χ3n) is 5.58. The van der Waals surface area contributed by atoms with Crippen molar-refractivity contribution in [3.05, 3.63) is 59.2 Å². The van der Waals surface area contributed by atoms with Gasteiger partial charge in [0.15, 0.2) is 11.5 Å². The number of nitrogens with two attached hydrogens (primary N) is 1. The van der Waals surface area contributed by atoms with Gasteiger partial charge in [0.05, 0.1) is 12.7 Å². The molecule has 9 heteroatoms. The maximum atomic E-state index is 13.2. The Morgan fingerprint density at radius 1 is 0.971 bits per heavy atom. The van der Waals surface area contributed by atoms with Crippen LogP contribution < -0.4 is 15.2 Å². The van der Waals surface area contributed by atoms with Crippen LogP contribution in [0.3, 0.4) is 0 Å². The Balaban J connectivity index is 1.69. The number of primary amides is 1. The summed E-state index contributed by atoms with van der Waals surface area (Å²) in [6.07, 6.45) is -0.856. The van der Waals surface area contributed by atoms with Crippen LogP contribution in [0.5, 0.6) is 11.5 Å². The Morgan fingerprint density at radius 3 is 2.20 bits per heavy atom. The average molecular weight is 484 g/mol. The molecular weight excluding hydrogens is 450 g/mol. The predicted molar refractivity (Wildman–Crippen MR) is 131 cm³/mol. The van der Waals surface area contributed by atoms with Gasteiger partial charge in [0.25, 0.3) is 11.8 Å². The number of hydrogen-bond acceptors (Lipinski definition) is 6. The topological polar surface area (TPSA) is 111 Å². The lowest BCUT2D eigenvalue weighted by atomic mass is 10.1. The number of benzene rings is 2. The van der Waals surface area contributed by atoms with Crippen LogP contribution in [-0.4, -0.2) is 66.6 Å². The Morgan fingerprint density at radius 2 is 1.60 bits per heavy atom. The predicted octanol–water partition coefficient (Wildman–Crippen LogP) is 3.63. The molecule has 1 aliphatic heterocycles. The average Bonchev–Trinajstić information content (AvgIpc) is 2.82. The summed E-state index contributed by atoms with van der Waals surface area (Å²) in [6, 6.07) is 12.1. The molecule has 0 saturated carbocycles. The largest absolute Gasteiger partial charge is 0.493 e. The van der Waals surface area contributed by atoms with E-state index in [2.05, 4.69) is 0 Å². The van der Waals surface area contributed by atoms with Gasteiger partial charge in [0.1, 0.15) is 11.7 Å². The van der Waals surface area contributed by atoms with Crippen molar-refractivity contribution in [1.29, 1.82) is 0 Å². The van der Waals surface area contributed by atoms with Crippen molar-refractivity contribution >= 4 is 17.9 Å². The first kappa shape index (κ1) is 25.9. The van der Waals surface area contributed by atoms with Gasteiger partial charge in [-0.05, 0) is 57.5 Å². The molecule has 0 bridgehead atoms. The molecule has 3 rings (SSSR count). The molecule has 9 nitrogen and oxygen atoms in total. The molecule has 35 heavy (non-hydrogen) atoms. The quantitative estimate of drug-likeness (QED) is 0.672. The lowest BCUT2D eigenvalue weighted by molar-refractivity contribution is 0.0141. The van der Waals surface area contributed by atoms with Crippen LogP contribution >= 0.6 is 0 Å². The van der Waals surface area contributed by atoms with Crippen molar-refractivity contribution in [3.63, 3.8) is 0 Å². The van der Waals surface area contributed by atoms with Crippen LogP contribution in [0.15, 0.2) is 42.5 Å². The van der Waals surface area contributed by atoms with E-state index in [0.29, 0.717) is 37.5 Å². The van der Waals surface area contributed by atoms with Gasteiger partial charge in [0.2, 0.25) is 0 Å². The van der Waals surface area contributed by atoms with Crippen molar-refractivity contribution < 1.29 is 28.6 Å². The van der Waals surface area contributed by atoms with Crippen LogP contribution in [0.25, 0.3) is 0 Å². The molecule has 2 aromatic rings. The fourth-order valence-corrected chi connectivity index (χ4v) is 3.76. The highest BCUT2D eigenvalue weighted by Gasteiger charge is 2.28. The maximum absolute atomic E-state index is 13.2. The number of piperazine rings is 1. The zero-order chi connectivity index (χ0) is 25.8. The summed E-state index contributed by atoms with van der Waals surface area (Å²) in [5.41, 5.74) is 6.42. The number of carbonyl (C=O) groups is 3. The summed E-state index contributed by atoms with van der Waals surface area (Å²) in [6.45, 7) is 8.93. The van der Waals surface area contributed by atoms with Gasteiger partial charge in [0, 0.05) is 31.7 Å². The third-order valence-corrected chi connectivity index (χ3v) is 5.58. The fourth-order valence-electron chi connectivity index (χ4n) is 3.76. The smallest absolute Gasteiger partial charge is 0.410 e. The fraction of sp³-hybridized carbons (Fsp3) is 0.423. The maximum Gasteiger partial charge on any atom is 0.410 e. The highest BCUT2D eigenvalue weighted by Crippen LogP contribution is 2.34. The number of nitrogens with zero attached hydrogens (tertiary/aromatic N) is 2. The first-order chi connectivity index (χ1) is 16.5. The van der Waals surface area contributed by atoms with Crippen molar-refractivity contribution in [2.75, 3.05) is 33.3 Å². The van der Waals surface area contributed by atoms with Gasteiger partial charge >= 0.3 is 6.09 Å². The second-order valence-electron chi connectivity index (χ2n) is 9.35. The SMILES string of the molecule is COc1cccc(C(N)=O)c1OC(C)c1cccc(C(=O)N2CCN(C(=O)OC(C)(C)C)CC2)c1. The van der Waals surface area contributed by atoms with E-state index in [-0.39, 0.29) is 23.3 Å². The third kappa shape index (κ3) is 6.44. The molecule has 1 unspecified atom stereocenters. The van der Waals surface area contributed by atoms with Gasteiger partial charge in [-0.25, -0.2) is 4.79 Å². The second-order valence-corrected chi connectivity index (χ2v) is 9.35. The molecule has 188 valence electrons. The molecule has 0 radical (unpaired) electrons. The minimum Gasteiger partial charge on any atom is -0.493 e. The van der Waals surface area contributed by atoms with E-state index in [1.165, 1.54) is 7.11 Å². The van der Waals surface area contributed by atoms with Crippen LogP contribution in [-0.2, 0) is 4.74 Å². The van der Waals surface area contributed by atoms with E-state index in [4.69, 9.17) is 19.9 Å². The Kier molecular flexibility index (Phi) is 7.89. The summed E-state index contributed by atoms with van der Waals surface area (Å²) in [5, 5.41) is 0. The molecule has 2 N–H and O–H groups in total. The van der Waals surface area contributed by atoms with Crippen molar-refractivity contribution in [3.8, 4) is 11.5 Å². The number of hydrogen-bond donors (Lipinski definition) is 1. The lowest BCUT2D eigenvalue weighted by Crippen LogP contribution is -2.51. The van der Waals surface area contributed by atoms with Crippen LogP contribution in [0.2, 0.25) is 0 Å². The molecule has 1 saturated heterocycles. The molecule has 1 atom stereocenters. The summed E-state index contributed by atoms with van der Waals surface area (Å²) >= 11 is 0. The first-order valence-corrected chi connectivity index (χ1v) is 11.5. The minimum absolute atomic E-state index is 0.127. The number of methoxy groups -OCH3 is 1. The van der Waals surface area contributed by atoms with Gasteiger partial charge in [-0.3, -0.25) is 9.59 Å². The van der Waals surface area contributed by atoms with E-state index in [0.717, 1.165) is 5.56 Å². The summed E-state index contributed by atoms with van der Waals surface area (Å²) in [4.78, 5) is 40.6. The molecule has 1 fully saturated rings. The molecule has 0 spiro atoms. The van der Waals surface area contributed by atoms with Crippen LogP contribution in [0.4, 0.5) is 4.79 Å². The standard InChI is InChI=1S/C26H33N3O6/c1-17(34-22-20(23(27)30)10-7-11-21(22)33-5)18-8-6-9-19(16-18)24(31)28-12-14-29(15-13-28)25(32)35-26(2,3)4/h6-11,16-17H,12-15H2,1-5H3,(H2,27,30). The highest BCUT2D eigenvalue weighted by atomic mass is 16.6. The lowest BCUT2D eigenvalue weighted by Gasteiger charge is -2.35. The van der Waals surface area contributed by atoms with E-state index < -0.39 is 17.6 Å². The van der Waals surface area contributed by atoms with Crippen LogP contribution in [0, 0.1) is 0 Å². The minimum atomic E-state index is -0.624. The molecule has 0 aromatic heterocycles. The van der Waals surface area contributed by atoms with Gasteiger partial charge in [-0.2, -0.15) is 0 Å². The Labute approximate surface area is 205 Å². The van der Waals surface area contributed by atoms with Gasteiger partial charge < -0.3 is 29.7 Å². The molecule has 2 aromatic carbocycles. The Bertz CT molecular complexity index is 1090. The van der Waals surface area contributed by atoms with E-state index in [9.17, 15) is 14.4 Å². The second kappa shape index (κ2) is 10.7. The molecular formula is C26H33N3O6.